The second-order valence-corrected chi connectivity index (χ2v) is 7.08. The Hall–Kier alpha value is -3.39. The minimum Gasteiger partial charge on any atom is -0.352 e. The Bertz CT molecular complexity index is 1030. The van der Waals surface area contributed by atoms with E-state index in [1.165, 1.54) is 17.7 Å². The number of hydrogen-bond donors (Lipinski definition) is 1. The van der Waals surface area contributed by atoms with Crippen LogP contribution in [-0.2, 0) is 24.3 Å². The first-order valence-corrected chi connectivity index (χ1v) is 9.67. The molecule has 0 radical (unpaired) electrons. The third kappa shape index (κ3) is 4.66. The van der Waals surface area contributed by atoms with Gasteiger partial charge in [0.1, 0.15) is 17.7 Å². The smallest absolute Gasteiger partial charge is 0.226 e. The van der Waals surface area contributed by atoms with Crippen molar-refractivity contribution in [1.82, 2.24) is 30.0 Å². The van der Waals surface area contributed by atoms with E-state index in [0.29, 0.717) is 13.1 Å². The van der Waals surface area contributed by atoms with E-state index in [2.05, 4.69) is 25.4 Å². The van der Waals surface area contributed by atoms with Gasteiger partial charge >= 0.3 is 0 Å². The quantitative estimate of drug-likeness (QED) is 0.524. The van der Waals surface area contributed by atoms with Crippen LogP contribution in [0.15, 0.2) is 66.7 Å². The first-order chi connectivity index (χ1) is 13.8. The Morgan fingerprint density at radius 2 is 1.96 bits per heavy atom. The van der Waals surface area contributed by atoms with Crippen LogP contribution in [0.2, 0.25) is 0 Å². The van der Waals surface area contributed by atoms with Crippen LogP contribution in [0.5, 0.6) is 0 Å². The third-order valence-electron chi connectivity index (χ3n) is 4.10. The number of nitrogens with one attached hydrogen (secondary N) is 1. The fraction of sp³-hybridized carbons (Fsp3) is 0.150. The molecule has 0 saturated carbocycles. The van der Waals surface area contributed by atoms with Crippen LogP contribution in [0, 0.1) is 0 Å². The zero-order chi connectivity index (χ0) is 19.2. The molecule has 4 aromatic rings. The van der Waals surface area contributed by atoms with Crippen LogP contribution in [0.3, 0.4) is 0 Å². The highest BCUT2D eigenvalue weighted by Crippen LogP contribution is 2.21. The number of nitrogens with zero attached hydrogens (tertiary/aromatic N) is 5. The third-order valence-corrected chi connectivity index (χ3v) is 5.01. The van der Waals surface area contributed by atoms with Gasteiger partial charge in [0.15, 0.2) is 0 Å². The molecule has 0 atom stereocenters. The van der Waals surface area contributed by atoms with Gasteiger partial charge in [-0.05, 0) is 23.3 Å². The van der Waals surface area contributed by atoms with Crippen LogP contribution in [0.25, 0.3) is 10.7 Å². The Balaban J connectivity index is 1.28. The SMILES string of the molecule is O=C(Cc1csc(-c2ccccn2)n1)NCc1ccc(Cn2cncn2)cc1. The second kappa shape index (κ2) is 8.53. The van der Waals surface area contributed by atoms with Gasteiger partial charge < -0.3 is 5.32 Å². The van der Waals surface area contributed by atoms with Crippen molar-refractivity contribution in [2.75, 3.05) is 0 Å². The van der Waals surface area contributed by atoms with Gasteiger partial charge in [-0.2, -0.15) is 5.10 Å². The van der Waals surface area contributed by atoms with Gasteiger partial charge in [-0.1, -0.05) is 30.3 Å². The predicted octanol–water partition coefficient (Wildman–Crippen LogP) is 2.70. The molecule has 0 aliphatic rings. The molecule has 0 bridgehead atoms. The standard InChI is InChI=1S/C20H18N6OS/c27-19(9-17-12-28-20(25-17)18-3-1-2-8-22-18)23-10-15-4-6-16(7-5-15)11-26-14-21-13-24-26/h1-8,12-14H,9-11H2,(H,23,27). The summed E-state index contributed by atoms with van der Waals surface area (Å²) in [7, 11) is 0. The van der Waals surface area contributed by atoms with Gasteiger partial charge in [0.25, 0.3) is 0 Å². The summed E-state index contributed by atoms with van der Waals surface area (Å²) in [5.41, 5.74) is 3.75. The number of aromatic nitrogens is 5. The van der Waals surface area contributed by atoms with Crippen molar-refractivity contribution >= 4 is 17.2 Å². The summed E-state index contributed by atoms with van der Waals surface area (Å²) in [6, 6.07) is 13.8. The van der Waals surface area contributed by atoms with Gasteiger partial charge in [-0.15, -0.1) is 11.3 Å². The first kappa shape index (κ1) is 18.0. The molecule has 4 rings (SSSR count). The molecule has 0 spiro atoms. The number of benzene rings is 1. The van der Waals surface area contributed by atoms with Gasteiger partial charge in [-0.25, -0.2) is 14.6 Å². The predicted molar refractivity (Wildman–Crippen MR) is 106 cm³/mol. The van der Waals surface area contributed by atoms with Crippen LogP contribution in [-0.4, -0.2) is 30.6 Å². The molecule has 7 nitrogen and oxygen atoms in total. The van der Waals surface area contributed by atoms with E-state index in [1.807, 2.05) is 47.8 Å². The summed E-state index contributed by atoms with van der Waals surface area (Å²) < 4.78 is 1.77. The van der Waals surface area contributed by atoms with Gasteiger partial charge in [-0.3, -0.25) is 9.78 Å². The molecule has 140 valence electrons. The highest BCUT2D eigenvalue weighted by molar-refractivity contribution is 7.13. The monoisotopic (exact) mass is 390 g/mol. The Morgan fingerprint density at radius 3 is 2.71 bits per heavy atom. The molecule has 0 unspecified atom stereocenters. The first-order valence-electron chi connectivity index (χ1n) is 8.79. The average molecular weight is 390 g/mol. The summed E-state index contributed by atoms with van der Waals surface area (Å²) in [5.74, 6) is -0.0513. The molecular formula is C20H18N6OS. The van der Waals surface area contributed by atoms with Crippen molar-refractivity contribution in [2.24, 2.45) is 0 Å². The molecule has 0 fully saturated rings. The minimum atomic E-state index is -0.0513. The van der Waals surface area contributed by atoms with Crippen molar-refractivity contribution in [2.45, 2.75) is 19.5 Å². The summed E-state index contributed by atoms with van der Waals surface area (Å²) in [6.45, 7) is 1.16. The molecule has 8 heteroatoms. The number of hydrogen-bond acceptors (Lipinski definition) is 6. The summed E-state index contributed by atoms with van der Waals surface area (Å²) in [6.07, 6.45) is 5.20. The lowest BCUT2D eigenvalue weighted by Crippen LogP contribution is -2.24. The molecule has 0 aliphatic carbocycles. The molecule has 0 aliphatic heterocycles. The zero-order valence-electron chi connectivity index (χ0n) is 15.0. The number of amides is 1. The van der Waals surface area contributed by atoms with Crippen molar-refractivity contribution in [3.8, 4) is 10.7 Å². The van der Waals surface area contributed by atoms with Crippen LogP contribution in [0.1, 0.15) is 16.8 Å². The molecule has 3 heterocycles. The van der Waals surface area contributed by atoms with E-state index >= 15 is 0 Å². The number of pyridine rings is 1. The maximum Gasteiger partial charge on any atom is 0.226 e. The number of carbonyl (C=O) groups is 1. The number of thiazole rings is 1. The van der Waals surface area contributed by atoms with E-state index in [0.717, 1.165) is 27.5 Å². The maximum atomic E-state index is 12.2. The van der Waals surface area contributed by atoms with Crippen molar-refractivity contribution in [1.29, 1.82) is 0 Å². The molecule has 3 aromatic heterocycles. The fourth-order valence-electron chi connectivity index (χ4n) is 2.69. The highest BCUT2D eigenvalue weighted by Gasteiger charge is 2.09. The summed E-state index contributed by atoms with van der Waals surface area (Å²) in [5, 5.41) is 9.77. The summed E-state index contributed by atoms with van der Waals surface area (Å²) in [4.78, 5) is 25.0. The second-order valence-electron chi connectivity index (χ2n) is 6.22. The molecule has 28 heavy (non-hydrogen) atoms. The normalized spacial score (nSPS) is 10.7. The van der Waals surface area contributed by atoms with E-state index in [9.17, 15) is 4.79 Å². The highest BCUT2D eigenvalue weighted by atomic mass is 32.1. The van der Waals surface area contributed by atoms with Gasteiger partial charge in [0.2, 0.25) is 5.91 Å². The lowest BCUT2D eigenvalue weighted by molar-refractivity contribution is -0.120. The Kier molecular flexibility index (Phi) is 5.48. The number of carbonyl (C=O) groups excluding carboxylic acids is 1. The molecule has 1 aromatic carbocycles. The molecule has 1 amide bonds. The lowest BCUT2D eigenvalue weighted by Gasteiger charge is -2.06. The summed E-state index contributed by atoms with van der Waals surface area (Å²) >= 11 is 1.50. The average Bonchev–Trinajstić information content (AvgIpc) is 3.40. The van der Waals surface area contributed by atoms with E-state index in [-0.39, 0.29) is 12.3 Å². The molecule has 0 saturated heterocycles. The largest absolute Gasteiger partial charge is 0.352 e. The molecule has 1 N–H and O–H groups in total. The van der Waals surface area contributed by atoms with Crippen LogP contribution >= 0.6 is 11.3 Å². The zero-order valence-corrected chi connectivity index (χ0v) is 15.8. The topological polar surface area (TPSA) is 85.6 Å². The Labute approximate surface area is 166 Å². The maximum absolute atomic E-state index is 12.2. The molecular weight excluding hydrogens is 372 g/mol. The number of rotatable bonds is 7. The van der Waals surface area contributed by atoms with Crippen LogP contribution < -0.4 is 5.32 Å². The van der Waals surface area contributed by atoms with Crippen molar-refractivity contribution < 1.29 is 4.79 Å². The van der Waals surface area contributed by atoms with Crippen LogP contribution in [0.4, 0.5) is 0 Å². The lowest BCUT2D eigenvalue weighted by atomic mass is 10.1. The van der Waals surface area contributed by atoms with E-state index < -0.39 is 0 Å². The Morgan fingerprint density at radius 1 is 1.11 bits per heavy atom. The van der Waals surface area contributed by atoms with E-state index in [4.69, 9.17) is 0 Å². The van der Waals surface area contributed by atoms with Gasteiger partial charge in [0, 0.05) is 18.1 Å². The van der Waals surface area contributed by atoms with Gasteiger partial charge in [0.05, 0.1) is 24.4 Å². The van der Waals surface area contributed by atoms with Crippen molar-refractivity contribution in [3.63, 3.8) is 0 Å². The van der Waals surface area contributed by atoms with Crippen molar-refractivity contribution in [3.05, 3.63) is 83.5 Å². The fourth-order valence-corrected chi connectivity index (χ4v) is 3.48. The van der Waals surface area contributed by atoms with E-state index in [1.54, 1.807) is 17.2 Å². The minimum absolute atomic E-state index is 0.0513.